The van der Waals surface area contributed by atoms with Crippen LogP contribution in [0.3, 0.4) is 0 Å². The number of carbonyl (C=O) groups excluding carboxylic acids is 1. The van der Waals surface area contributed by atoms with Crippen molar-refractivity contribution in [1.82, 2.24) is 10.3 Å². The standard InChI is InChI=1S/C17H19ClN2O4/c1-11-7-13(16(18)19-8-11)15(22)14(21)9-20-17(23)24-10-12-5-3-2-4-6-12/h2-8,14-15,21-22H,9-10H2,1H3,(H,20,23). The van der Waals surface area contributed by atoms with Gasteiger partial charge in [-0.15, -0.1) is 0 Å². The van der Waals surface area contributed by atoms with Crippen LogP contribution in [-0.4, -0.2) is 33.9 Å². The summed E-state index contributed by atoms with van der Waals surface area (Å²) in [4.78, 5) is 15.6. The first-order valence-electron chi connectivity index (χ1n) is 7.40. The third-order valence-corrected chi connectivity index (χ3v) is 3.67. The Balaban J connectivity index is 1.82. The van der Waals surface area contributed by atoms with Gasteiger partial charge in [0.1, 0.15) is 24.0 Å². The summed E-state index contributed by atoms with van der Waals surface area (Å²) in [5.41, 5.74) is 1.96. The van der Waals surface area contributed by atoms with Crippen LogP contribution in [0.2, 0.25) is 5.15 Å². The number of ether oxygens (including phenoxy) is 1. The second-order valence-corrected chi connectivity index (χ2v) is 5.71. The minimum Gasteiger partial charge on any atom is -0.445 e. The van der Waals surface area contributed by atoms with Crippen molar-refractivity contribution in [2.45, 2.75) is 25.7 Å². The molecule has 0 fully saturated rings. The average Bonchev–Trinajstić information content (AvgIpc) is 2.60. The zero-order valence-electron chi connectivity index (χ0n) is 13.1. The summed E-state index contributed by atoms with van der Waals surface area (Å²) in [5.74, 6) is 0. The fourth-order valence-electron chi connectivity index (χ4n) is 2.06. The number of rotatable bonds is 6. The van der Waals surface area contributed by atoms with E-state index in [1.54, 1.807) is 19.2 Å². The predicted molar refractivity (Wildman–Crippen MR) is 89.6 cm³/mol. The fraction of sp³-hybridized carbons (Fsp3) is 0.294. The van der Waals surface area contributed by atoms with Crippen molar-refractivity contribution in [2.24, 2.45) is 0 Å². The van der Waals surface area contributed by atoms with Crippen LogP contribution in [0.25, 0.3) is 0 Å². The van der Waals surface area contributed by atoms with Gasteiger partial charge >= 0.3 is 6.09 Å². The Labute approximate surface area is 145 Å². The minimum absolute atomic E-state index is 0.110. The molecule has 3 N–H and O–H groups in total. The van der Waals surface area contributed by atoms with Gasteiger partial charge in [-0.05, 0) is 24.1 Å². The van der Waals surface area contributed by atoms with E-state index in [0.29, 0.717) is 5.56 Å². The van der Waals surface area contributed by atoms with Crippen LogP contribution in [0.5, 0.6) is 0 Å². The molecule has 0 saturated heterocycles. The fourth-order valence-corrected chi connectivity index (χ4v) is 2.28. The summed E-state index contributed by atoms with van der Waals surface area (Å²) in [5, 5.41) is 22.7. The number of benzene rings is 1. The summed E-state index contributed by atoms with van der Waals surface area (Å²) < 4.78 is 5.03. The molecule has 2 rings (SSSR count). The molecule has 0 aliphatic carbocycles. The molecule has 0 aliphatic rings. The molecule has 0 spiro atoms. The van der Waals surface area contributed by atoms with Gasteiger partial charge in [0.15, 0.2) is 0 Å². The van der Waals surface area contributed by atoms with Gasteiger partial charge in [-0.3, -0.25) is 0 Å². The Bertz CT molecular complexity index is 682. The van der Waals surface area contributed by atoms with E-state index in [-0.39, 0.29) is 18.3 Å². The number of aliphatic hydroxyl groups excluding tert-OH is 2. The van der Waals surface area contributed by atoms with Crippen molar-refractivity contribution in [1.29, 1.82) is 0 Å². The molecule has 1 amide bonds. The summed E-state index contributed by atoms with van der Waals surface area (Å²) in [6, 6.07) is 10.9. The minimum atomic E-state index is -1.26. The maximum atomic E-state index is 11.6. The van der Waals surface area contributed by atoms with Crippen LogP contribution in [0, 0.1) is 6.92 Å². The van der Waals surface area contributed by atoms with Gasteiger partial charge in [-0.2, -0.15) is 0 Å². The van der Waals surface area contributed by atoms with Gasteiger partial charge in [0, 0.05) is 18.3 Å². The number of nitrogens with zero attached hydrogens (tertiary/aromatic N) is 1. The van der Waals surface area contributed by atoms with Gasteiger partial charge in [0.05, 0.1) is 0 Å². The van der Waals surface area contributed by atoms with Gasteiger partial charge < -0.3 is 20.3 Å². The first-order valence-corrected chi connectivity index (χ1v) is 7.78. The van der Waals surface area contributed by atoms with Crippen molar-refractivity contribution in [3.63, 3.8) is 0 Å². The number of pyridine rings is 1. The van der Waals surface area contributed by atoms with E-state index in [2.05, 4.69) is 10.3 Å². The topological polar surface area (TPSA) is 91.7 Å². The number of hydrogen-bond acceptors (Lipinski definition) is 5. The lowest BCUT2D eigenvalue weighted by Crippen LogP contribution is -2.36. The highest BCUT2D eigenvalue weighted by Gasteiger charge is 2.22. The highest BCUT2D eigenvalue weighted by molar-refractivity contribution is 6.30. The number of hydrogen-bond donors (Lipinski definition) is 3. The van der Waals surface area contributed by atoms with Crippen molar-refractivity contribution >= 4 is 17.7 Å². The normalized spacial score (nSPS) is 13.2. The second kappa shape index (κ2) is 8.63. The molecule has 2 unspecified atom stereocenters. The number of aliphatic hydroxyl groups is 2. The monoisotopic (exact) mass is 350 g/mol. The lowest BCUT2D eigenvalue weighted by Gasteiger charge is -2.19. The molecule has 0 bridgehead atoms. The summed E-state index contributed by atoms with van der Waals surface area (Å²) >= 11 is 5.92. The first kappa shape index (κ1) is 18.2. The van der Waals surface area contributed by atoms with Crippen LogP contribution in [-0.2, 0) is 11.3 Å². The highest BCUT2D eigenvalue weighted by Crippen LogP contribution is 2.24. The van der Waals surface area contributed by atoms with Crippen LogP contribution < -0.4 is 5.32 Å². The average molecular weight is 351 g/mol. The molecular formula is C17H19ClN2O4. The van der Waals surface area contributed by atoms with Crippen LogP contribution >= 0.6 is 11.6 Å². The molecule has 1 heterocycles. The molecule has 2 aromatic rings. The molecule has 0 saturated carbocycles. The number of halogens is 1. The van der Waals surface area contributed by atoms with E-state index < -0.39 is 18.3 Å². The van der Waals surface area contributed by atoms with E-state index >= 15 is 0 Å². The van der Waals surface area contributed by atoms with Crippen molar-refractivity contribution in [2.75, 3.05) is 6.54 Å². The van der Waals surface area contributed by atoms with E-state index in [9.17, 15) is 15.0 Å². The Morgan fingerprint density at radius 1 is 1.33 bits per heavy atom. The quantitative estimate of drug-likeness (QED) is 0.696. The first-order chi connectivity index (χ1) is 11.5. The van der Waals surface area contributed by atoms with E-state index in [4.69, 9.17) is 16.3 Å². The third kappa shape index (κ3) is 5.19. The second-order valence-electron chi connectivity index (χ2n) is 5.35. The van der Waals surface area contributed by atoms with Crippen molar-refractivity contribution in [3.8, 4) is 0 Å². The number of carbonyl (C=O) groups is 1. The van der Waals surface area contributed by atoms with Crippen LogP contribution in [0.1, 0.15) is 22.8 Å². The third-order valence-electron chi connectivity index (χ3n) is 3.35. The van der Waals surface area contributed by atoms with Gasteiger partial charge in [-0.25, -0.2) is 9.78 Å². The van der Waals surface area contributed by atoms with Gasteiger partial charge in [0.2, 0.25) is 0 Å². The maximum absolute atomic E-state index is 11.6. The summed E-state index contributed by atoms with van der Waals surface area (Å²) in [7, 11) is 0. The zero-order chi connectivity index (χ0) is 17.5. The Morgan fingerprint density at radius 3 is 2.75 bits per heavy atom. The molecule has 7 heteroatoms. The van der Waals surface area contributed by atoms with E-state index in [0.717, 1.165) is 11.1 Å². The zero-order valence-corrected chi connectivity index (χ0v) is 13.9. The summed E-state index contributed by atoms with van der Waals surface area (Å²) in [6.07, 6.45) is -1.63. The largest absolute Gasteiger partial charge is 0.445 e. The lowest BCUT2D eigenvalue weighted by molar-refractivity contribution is 0.0182. The molecular weight excluding hydrogens is 332 g/mol. The van der Waals surface area contributed by atoms with E-state index in [1.807, 2.05) is 30.3 Å². The number of aryl methyl sites for hydroxylation is 1. The van der Waals surface area contributed by atoms with Crippen LogP contribution in [0.4, 0.5) is 4.79 Å². The molecule has 1 aromatic heterocycles. The summed E-state index contributed by atoms with van der Waals surface area (Å²) in [6.45, 7) is 1.74. The number of amides is 1. The molecule has 1 aromatic carbocycles. The maximum Gasteiger partial charge on any atom is 0.407 e. The smallest absolute Gasteiger partial charge is 0.407 e. The highest BCUT2D eigenvalue weighted by atomic mass is 35.5. The number of alkyl carbamates (subject to hydrolysis) is 1. The Hall–Kier alpha value is -2.15. The van der Waals surface area contributed by atoms with Gasteiger partial charge in [-0.1, -0.05) is 41.9 Å². The SMILES string of the molecule is Cc1cnc(Cl)c(C(O)C(O)CNC(=O)OCc2ccccc2)c1. The Morgan fingerprint density at radius 2 is 2.04 bits per heavy atom. The van der Waals surface area contributed by atoms with Crippen molar-refractivity contribution in [3.05, 3.63) is 64.4 Å². The lowest BCUT2D eigenvalue weighted by atomic mass is 10.1. The number of aromatic nitrogens is 1. The molecule has 0 aliphatic heterocycles. The van der Waals surface area contributed by atoms with Gasteiger partial charge in [0.25, 0.3) is 0 Å². The van der Waals surface area contributed by atoms with Crippen molar-refractivity contribution < 1.29 is 19.7 Å². The predicted octanol–water partition coefficient (Wildman–Crippen LogP) is 2.36. The van der Waals surface area contributed by atoms with E-state index in [1.165, 1.54) is 0 Å². The van der Waals surface area contributed by atoms with Crippen LogP contribution in [0.15, 0.2) is 42.6 Å². The number of nitrogens with one attached hydrogen (secondary N) is 1. The Kier molecular flexibility index (Phi) is 6.54. The molecule has 0 radical (unpaired) electrons. The molecule has 2 atom stereocenters. The molecule has 6 nitrogen and oxygen atoms in total. The molecule has 24 heavy (non-hydrogen) atoms. The molecule has 128 valence electrons.